The number of anilines is 1. The average molecular weight is 262 g/mol. The Labute approximate surface area is 112 Å². The molecule has 0 saturated heterocycles. The van der Waals surface area contributed by atoms with Gasteiger partial charge in [-0.3, -0.25) is 4.79 Å². The molecule has 0 spiro atoms. The van der Waals surface area contributed by atoms with Gasteiger partial charge in [-0.2, -0.15) is 0 Å². The van der Waals surface area contributed by atoms with Gasteiger partial charge in [-0.1, -0.05) is 0 Å². The number of carbonyl (C=O) groups excluding carboxylic acids is 1. The molecule has 0 atom stereocenters. The normalized spacial score (nSPS) is 14.3. The quantitative estimate of drug-likeness (QED) is 0.834. The fourth-order valence-corrected chi connectivity index (χ4v) is 1.94. The number of hydrogen-bond donors (Lipinski definition) is 0. The number of carbonyl (C=O) groups is 1. The lowest BCUT2D eigenvalue weighted by Gasteiger charge is -2.23. The molecule has 1 aliphatic heterocycles. The predicted molar refractivity (Wildman–Crippen MR) is 72.1 cm³/mol. The lowest BCUT2D eigenvalue weighted by molar-refractivity contribution is -0.118. The van der Waals surface area contributed by atoms with Crippen LogP contribution < -0.4 is 9.64 Å². The van der Waals surface area contributed by atoms with E-state index in [4.69, 9.17) is 9.47 Å². The number of likely N-dealkylation sites (N-methyl/N-ethyl adjacent to an activating group) is 1. The molecule has 0 radical (unpaired) electrons. The molecule has 0 fully saturated rings. The zero-order valence-electron chi connectivity index (χ0n) is 11.3. The van der Waals surface area contributed by atoms with Crippen molar-refractivity contribution in [2.24, 2.45) is 0 Å². The molecule has 2 heterocycles. The zero-order chi connectivity index (χ0) is 13.7. The Morgan fingerprint density at radius 2 is 2.37 bits per heavy atom. The van der Waals surface area contributed by atoms with Crippen LogP contribution in [0.3, 0.4) is 0 Å². The number of allylic oxidation sites excluding steroid dienone is 1. The third-order valence-corrected chi connectivity index (χ3v) is 2.95. The Hall–Kier alpha value is -2.04. The van der Waals surface area contributed by atoms with Crippen LogP contribution >= 0.6 is 0 Å². The first-order valence-corrected chi connectivity index (χ1v) is 6.41. The van der Waals surface area contributed by atoms with Crippen molar-refractivity contribution in [3.63, 3.8) is 0 Å². The third-order valence-electron chi connectivity index (χ3n) is 2.95. The molecule has 19 heavy (non-hydrogen) atoms. The van der Waals surface area contributed by atoms with Crippen LogP contribution in [-0.2, 0) is 9.53 Å². The highest BCUT2D eigenvalue weighted by Gasteiger charge is 2.21. The number of methoxy groups -OCH3 is 1. The highest BCUT2D eigenvalue weighted by Crippen LogP contribution is 2.20. The Morgan fingerprint density at radius 3 is 2.89 bits per heavy atom. The molecule has 0 unspecified atom stereocenters. The van der Waals surface area contributed by atoms with E-state index in [9.17, 15) is 4.79 Å². The van der Waals surface area contributed by atoms with Crippen molar-refractivity contribution in [2.45, 2.75) is 19.8 Å². The Morgan fingerprint density at radius 1 is 1.53 bits per heavy atom. The molecule has 2 rings (SSSR count). The molecule has 0 bridgehead atoms. The molecule has 102 valence electrons. The van der Waals surface area contributed by atoms with Crippen LogP contribution in [-0.4, -0.2) is 31.2 Å². The Kier molecular flexibility index (Phi) is 4.39. The van der Waals surface area contributed by atoms with Gasteiger partial charge < -0.3 is 14.4 Å². The first-order valence-electron chi connectivity index (χ1n) is 6.41. The maximum absolute atomic E-state index is 12.4. The number of nitrogens with zero attached hydrogens (tertiary/aromatic N) is 2. The van der Waals surface area contributed by atoms with E-state index < -0.39 is 0 Å². The summed E-state index contributed by atoms with van der Waals surface area (Å²) < 4.78 is 10.4. The van der Waals surface area contributed by atoms with Gasteiger partial charge in [0.05, 0.1) is 25.6 Å². The van der Waals surface area contributed by atoms with Gasteiger partial charge in [0.1, 0.15) is 0 Å². The lowest BCUT2D eigenvalue weighted by atomic mass is 10.2. The van der Waals surface area contributed by atoms with E-state index >= 15 is 0 Å². The molecule has 0 saturated carbocycles. The summed E-state index contributed by atoms with van der Waals surface area (Å²) >= 11 is 0. The molecule has 1 aromatic rings. The maximum Gasteiger partial charge on any atom is 0.293 e. The van der Waals surface area contributed by atoms with E-state index in [-0.39, 0.29) is 5.91 Å². The summed E-state index contributed by atoms with van der Waals surface area (Å²) in [7, 11) is 1.56. The molecule has 0 aromatic carbocycles. The highest BCUT2D eigenvalue weighted by molar-refractivity contribution is 6.04. The van der Waals surface area contributed by atoms with Crippen molar-refractivity contribution in [1.29, 1.82) is 0 Å². The highest BCUT2D eigenvalue weighted by atomic mass is 16.5. The SMILES string of the molecule is CCN(C(=O)C1=CCCCO1)c1ccc(OC)nc1. The summed E-state index contributed by atoms with van der Waals surface area (Å²) in [6.07, 6.45) is 5.33. The van der Waals surface area contributed by atoms with Gasteiger partial charge in [-0.05, 0) is 31.9 Å². The largest absolute Gasteiger partial charge is 0.488 e. The minimum absolute atomic E-state index is 0.117. The van der Waals surface area contributed by atoms with Crippen LogP contribution in [0.1, 0.15) is 19.8 Å². The lowest BCUT2D eigenvalue weighted by Crippen LogP contribution is -2.33. The molecule has 5 nitrogen and oxygen atoms in total. The molecule has 1 aromatic heterocycles. The third kappa shape index (κ3) is 3.05. The summed E-state index contributed by atoms with van der Waals surface area (Å²) in [4.78, 5) is 18.1. The second-order valence-electron chi connectivity index (χ2n) is 4.17. The van der Waals surface area contributed by atoms with E-state index in [0.29, 0.717) is 24.8 Å². The van der Waals surface area contributed by atoms with Crippen molar-refractivity contribution in [3.8, 4) is 5.88 Å². The number of hydrogen-bond acceptors (Lipinski definition) is 4. The summed E-state index contributed by atoms with van der Waals surface area (Å²) in [6.45, 7) is 3.09. The fourth-order valence-electron chi connectivity index (χ4n) is 1.94. The number of ether oxygens (including phenoxy) is 2. The van der Waals surface area contributed by atoms with E-state index in [1.807, 2.05) is 19.1 Å². The zero-order valence-corrected chi connectivity index (χ0v) is 11.3. The second-order valence-corrected chi connectivity index (χ2v) is 4.17. The van der Waals surface area contributed by atoms with E-state index in [2.05, 4.69) is 4.98 Å². The van der Waals surface area contributed by atoms with Crippen molar-refractivity contribution in [1.82, 2.24) is 4.98 Å². The van der Waals surface area contributed by atoms with Crippen LogP contribution in [0.25, 0.3) is 0 Å². The molecule has 1 amide bonds. The summed E-state index contributed by atoms with van der Waals surface area (Å²) in [5, 5.41) is 0. The van der Waals surface area contributed by atoms with Crippen molar-refractivity contribution < 1.29 is 14.3 Å². The van der Waals surface area contributed by atoms with Gasteiger partial charge in [0, 0.05) is 12.6 Å². The topological polar surface area (TPSA) is 51.7 Å². The van der Waals surface area contributed by atoms with Crippen molar-refractivity contribution in [3.05, 3.63) is 30.2 Å². The van der Waals surface area contributed by atoms with Gasteiger partial charge in [-0.25, -0.2) is 4.98 Å². The van der Waals surface area contributed by atoms with E-state index in [0.717, 1.165) is 18.5 Å². The molecule has 1 aliphatic rings. The standard InChI is InChI=1S/C14H18N2O3/c1-3-16(11-7-8-13(18-2)15-10-11)14(17)12-6-4-5-9-19-12/h6-8,10H,3-5,9H2,1-2H3. The molecule has 0 N–H and O–H groups in total. The summed E-state index contributed by atoms with van der Waals surface area (Å²) in [6, 6.07) is 3.55. The molecular formula is C14H18N2O3. The summed E-state index contributed by atoms with van der Waals surface area (Å²) in [5.41, 5.74) is 0.739. The van der Waals surface area contributed by atoms with Crippen LogP contribution in [0.2, 0.25) is 0 Å². The van der Waals surface area contributed by atoms with Crippen molar-refractivity contribution in [2.75, 3.05) is 25.2 Å². The Bertz CT molecular complexity index is 468. The maximum atomic E-state index is 12.4. The number of amides is 1. The average Bonchev–Trinajstić information content (AvgIpc) is 2.49. The first-order chi connectivity index (χ1) is 9.26. The van der Waals surface area contributed by atoms with Crippen LogP contribution in [0.4, 0.5) is 5.69 Å². The van der Waals surface area contributed by atoms with Crippen LogP contribution in [0.5, 0.6) is 5.88 Å². The van der Waals surface area contributed by atoms with Crippen LogP contribution in [0, 0.1) is 0 Å². The number of aromatic nitrogens is 1. The van der Waals surface area contributed by atoms with Crippen LogP contribution in [0.15, 0.2) is 30.2 Å². The van der Waals surface area contributed by atoms with Crippen molar-refractivity contribution >= 4 is 11.6 Å². The minimum atomic E-state index is -0.117. The van der Waals surface area contributed by atoms with Gasteiger partial charge in [0.2, 0.25) is 5.88 Å². The predicted octanol–water partition coefficient (Wildman–Crippen LogP) is 2.14. The smallest absolute Gasteiger partial charge is 0.293 e. The fraction of sp³-hybridized carbons (Fsp3) is 0.429. The Balaban J connectivity index is 2.18. The monoisotopic (exact) mass is 262 g/mol. The number of rotatable bonds is 4. The first kappa shape index (κ1) is 13.4. The number of pyridine rings is 1. The molecule has 0 aliphatic carbocycles. The minimum Gasteiger partial charge on any atom is -0.488 e. The van der Waals surface area contributed by atoms with E-state index in [1.165, 1.54) is 0 Å². The van der Waals surface area contributed by atoms with Gasteiger partial charge >= 0.3 is 0 Å². The van der Waals surface area contributed by atoms with Gasteiger partial charge in [-0.15, -0.1) is 0 Å². The summed E-state index contributed by atoms with van der Waals surface area (Å²) in [5.74, 6) is 0.846. The van der Waals surface area contributed by atoms with E-state index in [1.54, 1.807) is 24.3 Å². The molecular weight excluding hydrogens is 244 g/mol. The molecule has 5 heteroatoms. The van der Waals surface area contributed by atoms with Gasteiger partial charge in [0.25, 0.3) is 5.91 Å². The second kappa shape index (κ2) is 6.22. The van der Waals surface area contributed by atoms with Gasteiger partial charge in [0.15, 0.2) is 5.76 Å².